The van der Waals surface area contributed by atoms with Crippen molar-refractivity contribution in [3.05, 3.63) is 76.9 Å². The van der Waals surface area contributed by atoms with E-state index in [9.17, 15) is 17.6 Å². The van der Waals surface area contributed by atoms with Gasteiger partial charge in [-0.3, -0.25) is 13.5 Å². The fourth-order valence-electron chi connectivity index (χ4n) is 4.07. The predicted molar refractivity (Wildman–Crippen MR) is 140 cm³/mol. The van der Waals surface area contributed by atoms with E-state index < -0.39 is 21.7 Å². The van der Waals surface area contributed by atoms with Gasteiger partial charge < -0.3 is 9.73 Å². The topological polar surface area (TPSA) is 96.9 Å². The highest BCUT2D eigenvalue weighted by Crippen LogP contribution is 2.41. The van der Waals surface area contributed by atoms with Gasteiger partial charge in [0.05, 0.1) is 23.7 Å². The van der Waals surface area contributed by atoms with E-state index in [2.05, 4.69) is 26.2 Å². The molecule has 1 amide bonds. The number of amides is 1. The van der Waals surface area contributed by atoms with E-state index in [0.717, 1.165) is 15.2 Å². The number of halogens is 2. The predicted octanol–water partition coefficient (Wildman–Crippen LogP) is 5.07. The summed E-state index contributed by atoms with van der Waals surface area (Å²) in [6.07, 6.45) is 4.60. The van der Waals surface area contributed by atoms with Crippen molar-refractivity contribution in [1.82, 2.24) is 14.7 Å². The van der Waals surface area contributed by atoms with Crippen molar-refractivity contribution < 1.29 is 22.0 Å². The molecule has 36 heavy (non-hydrogen) atoms. The molecule has 0 fully saturated rings. The maximum Gasteiger partial charge on any atom is 0.255 e. The van der Waals surface area contributed by atoms with Crippen molar-refractivity contribution in [2.75, 3.05) is 24.7 Å². The number of pyridine rings is 1. The van der Waals surface area contributed by atoms with Gasteiger partial charge in [-0.15, -0.1) is 0 Å². The molecule has 0 bridgehead atoms. The SMILES string of the molecule is CNC(=O)c1c(-c2ccc(F)cc2)oc2cc(N(C)S(C)(=O)=O)c(-c3ccc4ncc(Br)n4c3)cc12. The van der Waals surface area contributed by atoms with Crippen molar-refractivity contribution >= 4 is 54.2 Å². The van der Waals surface area contributed by atoms with E-state index >= 15 is 0 Å². The Morgan fingerprint density at radius 1 is 1.14 bits per heavy atom. The van der Waals surface area contributed by atoms with E-state index in [0.29, 0.717) is 39.0 Å². The van der Waals surface area contributed by atoms with Crippen LogP contribution in [-0.4, -0.2) is 44.1 Å². The van der Waals surface area contributed by atoms with Crippen molar-refractivity contribution in [2.45, 2.75) is 0 Å². The van der Waals surface area contributed by atoms with Crippen molar-refractivity contribution in [3.8, 4) is 22.5 Å². The van der Waals surface area contributed by atoms with Gasteiger partial charge in [-0.25, -0.2) is 17.8 Å². The monoisotopic (exact) mass is 570 g/mol. The highest BCUT2D eigenvalue weighted by Gasteiger charge is 2.26. The third-order valence-corrected chi connectivity index (χ3v) is 7.75. The molecule has 0 saturated heterocycles. The van der Waals surface area contributed by atoms with Crippen LogP contribution in [0.1, 0.15) is 10.4 Å². The molecule has 11 heteroatoms. The number of benzene rings is 2. The lowest BCUT2D eigenvalue weighted by Crippen LogP contribution is -2.25. The summed E-state index contributed by atoms with van der Waals surface area (Å²) in [5.41, 5.74) is 3.41. The van der Waals surface area contributed by atoms with Crippen molar-refractivity contribution in [3.63, 3.8) is 0 Å². The summed E-state index contributed by atoms with van der Waals surface area (Å²) in [5, 5.41) is 3.12. The third kappa shape index (κ3) is 4.03. The molecule has 0 aliphatic rings. The molecule has 1 N–H and O–H groups in total. The molecule has 0 saturated carbocycles. The summed E-state index contributed by atoms with van der Waals surface area (Å²) < 4.78 is 48.4. The maximum atomic E-state index is 13.6. The Kier molecular flexibility index (Phi) is 5.84. The Labute approximate surface area is 214 Å². The average molecular weight is 571 g/mol. The largest absolute Gasteiger partial charge is 0.455 e. The third-order valence-electron chi connectivity index (χ3n) is 5.98. The summed E-state index contributed by atoms with van der Waals surface area (Å²) in [5.74, 6) is -0.560. The number of nitrogens with one attached hydrogen (secondary N) is 1. The number of furan rings is 1. The van der Waals surface area contributed by atoms with E-state index in [1.807, 2.05) is 22.7 Å². The van der Waals surface area contributed by atoms with Crippen LogP contribution in [0.3, 0.4) is 0 Å². The lowest BCUT2D eigenvalue weighted by molar-refractivity contribution is 0.0964. The normalized spacial score (nSPS) is 11.8. The molecule has 0 spiro atoms. The summed E-state index contributed by atoms with van der Waals surface area (Å²) in [6.45, 7) is 0. The van der Waals surface area contributed by atoms with Gasteiger partial charge in [0, 0.05) is 48.4 Å². The van der Waals surface area contributed by atoms with Gasteiger partial charge in [0.15, 0.2) is 0 Å². The molecule has 2 aromatic carbocycles. The molecule has 184 valence electrons. The van der Waals surface area contributed by atoms with Gasteiger partial charge in [-0.2, -0.15) is 0 Å². The molecule has 8 nitrogen and oxygen atoms in total. The lowest BCUT2D eigenvalue weighted by atomic mass is 9.99. The van der Waals surface area contributed by atoms with Crippen LogP contribution >= 0.6 is 15.9 Å². The first-order valence-corrected chi connectivity index (χ1v) is 13.4. The van der Waals surface area contributed by atoms with Gasteiger partial charge in [0.2, 0.25) is 10.0 Å². The Bertz CT molecular complexity index is 1760. The molecule has 5 rings (SSSR count). The number of fused-ring (bicyclic) bond motifs is 2. The van der Waals surface area contributed by atoms with E-state index in [-0.39, 0.29) is 11.3 Å². The highest BCUT2D eigenvalue weighted by molar-refractivity contribution is 9.10. The summed E-state index contributed by atoms with van der Waals surface area (Å²) >= 11 is 3.47. The minimum atomic E-state index is -3.63. The van der Waals surface area contributed by atoms with Crippen LogP contribution in [0.25, 0.3) is 39.1 Å². The van der Waals surface area contributed by atoms with E-state index in [4.69, 9.17) is 4.42 Å². The molecule has 0 unspecified atom stereocenters. The van der Waals surface area contributed by atoms with Gasteiger partial charge in [-0.05, 0) is 58.4 Å². The van der Waals surface area contributed by atoms with Gasteiger partial charge in [-0.1, -0.05) is 0 Å². The van der Waals surface area contributed by atoms with E-state index in [1.165, 1.54) is 38.4 Å². The number of hydrogen-bond donors (Lipinski definition) is 1. The zero-order valence-electron chi connectivity index (χ0n) is 19.4. The van der Waals surface area contributed by atoms with Gasteiger partial charge in [0.1, 0.15) is 27.4 Å². The van der Waals surface area contributed by atoms with Gasteiger partial charge >= 0.3 is 0 Å². The molecule has 3 heterocycles. The first kappa shape index (κ1) is 24.0. The zero-order chi connectivity index (χ0) is 25.8. The Morgan fingerprint density at radius 3 is 2.50 bits per heavy atom. The Balaban J connectivity index is 1.85. The number of aromatic nitrogens is 2. The number of imidazole rings is 1. The standard InChI is InChI=1S/C25H20BrFN4O4S/c1-28-25(32)23-18-10-17(15-6-9-22-29-12-21(26)31(22)13-15)19(30(2)36(3,33)34)11-20(18)35-24(23)14-4-7-16(27)8-5-14/h4-13H,1-3H3,(H,28,32). The van der Waals surface area contributed by atoms with Crippen LogP contribution in [0, 0.1) is 5.82 Å². The van der Waals surface area contributed by atoms with Gasteiger partial charge in [0.25, 0.3) is 5.91 Å². The fraction of sp³-hybridized carbons (Fsp3) is 0.120. The average Bonchev–Trinajstić information content (AvgIpc) is 3.42. The smallest absolute Gasteiger partial charge is 0.255 e. The molecule has 0 radical (unpaired) electrons. The van der Waals surface area contributed by atoms with Crippen molar-refractivity contribution in [2.24, 2.45) is 0 Å². The minimum Gasteiger partial charge on any atom is -0.455 e. The first-order chi connectivity index (χ1) is 17.1. The van der Waals surface area contributed by atoms with Crippen LogP contribution in [0.5, 0.6) is 0 Å². The highest BCUT2D eigenvalue weighted by atomic mass is 79.9. The molecule has 3 aromatic heterocycles. The summed E-state index contributed by atoms with van der Waals surface area (Å²) in [7, 11) is -0.673. The number of nitrogens with zero attached hydrogens (tertiary/aromatic N) is 3. The Hall–Kier alpha value is -3.70. The lowest BCUT2D eigenvalue weighted by Gasteiger charge is -2.21. The molecule has 0 aliphatic carbocycles. The van der Waals surface area contributed by atoms with Crippen molar-refractivity contribution in [1.29, 1.82) is 0 Å². The number of hydrogen-bond acceptors (Lipinski definition) is 5. The molecular weight excluding hydrogens is 551 g/mol. The number of carbonyl (C=O) groups excluding carboxylic acids is 1. The quantitative estimate of drug-likeness (QED) is 0.318. The van der Waals surface area contributed by atoms with Crippen LogP contribution in [-0.2, 0) is 10.0 Å². The second kappa shape index (κ2) is 8.75. The van der Waals surface area contributed by atoms with Crippen LogP contribution in [0.15, 0.2) is 69.9 Å². The fourth-order valence-corrected chi connectivity index (χ4v) is 4.96. The number of rotatable bonds is 5. The molecule has 0 aliphatic heterocycles. The summed E-state index contributed by atoms with van der Waals surface area (Å²) in [6, 6.07) is 12.6. The van der Waals surface area contributed by atoms with E-state index in [1.54, 1.807) is 18.3 Å². The second-order valence-electron chi connectivity index (χ2n) is 8.22. The first-order valence-electron chi connectivity index (χ1n) is 10.7. The minimum absolute atomic E-state index is 0.252. The van der Waals surface area contributed by atoms with Crippen LogP contribution < -0.4 is 9.62 Å². The number of carbonyl (C=O) groups is 1. The Morgan fingerprint density at radius 2 is 1.83 bits per heavy atom. The number of sulfonamides is 1. The number of anilines is 1. The molecule has 0 atom stereocenters. The van der Waals surface area contributed by atoms with Crippen LogP contribution in [0.2, 0.25) is 0 Å². The molecular formula is C25H20BrFN4O4S. The zero-order valence-corrected chi connectivity index (χ0v) is 21.8. The summed E-state index contributed by atoms with van der Waals surface area (Å²) in [4.78, 5) is 17.3. The molecule has 5 aromatic rings. The maximum absolute atomic E-state index is 13.6. The second-order valence-corrected chi connectivity index (χ2v) is 11.0. The van der Waals surface area contributed by atoms with Crippen LogP contribution in [0.4, 0.5) is 10.1 Å².